The predicted octanol–water partition coefficient (Wildman–Crippen LogP) is 3.40. The molecule has 2 heterocycles. The molecule has 1 aliphatic rings. The first-order chi connectivity index (χ1) is 13.3. The number of benzene rings is 1. The van der Waals surface area contributed by atoms with E-state index in [1.54, 1.807) is 32.2 Å². The van der Waals surface area contributed by atoms with Crippen molar-refractivity contribution in [3.8, 4) is 11.4 Å². The summed E-state index contributed by atoms with van der Waals surface area (Å²) in [7, 11) is 1.59. The molecule has 1 saturated heterocycles. The SMILES string of the molecule is CCN1C(=O)/C(=C/c2cc(C)n(-c3cc(Cl)ccc3OC)c2C)C(=O)NC1=S. The van der Waals surface area contributed by atoms with E-state index >= 15 is 0 Å². The van der Waals surface area contributed by atoms with Gasteiger partial charge in [0.2, 0.25) is 0 Å². The van der Waals surface area contributed by atoms with E-state index in [0.717, 1.165) is 22.6 Å². The molecule has 0 atom stereocenters. The maximum Gasteiger partial charge on any atom is 0.265 e. The lowest BCUT2D eigenvalue weighted by atomic mass is 10.1. The molecule has 6 nitrogen and oxygen atoms in total. The van der Waals surface area contributed by atoms with Crippen molar-refractivity contribution in [2.75, 3.05) is 13.7 Å². The van der Waals surface area contributed by atoms with Gasteiger partial charge in [-0.15, -0.1) is 0 Å². The number of rotatable bonds is 4. The van der Waals surface area contributed by atoms with E-state index < -0.39 is 11.8 Å². The van der Waals surface area contributed by atoms with E-state index in [1.165, 1.54) is 4.90 Å². The molecule has 0 saturated carbocycles. The van der Waals surface area contributed by atoms with Gasteiger partial charge in [0.15, 0.2) is 5.11 Å². The molecule has 0 spiro atoms. The number of carbonyl (C=O) groups is 2. The Morgan fingerprint density at radius 2 is 1.96 bits per heavy atom. The number of likely N-dealkylation sites (N-methyl/N-ethyl adjacent to an activating group) is 1. The van der Waals surface area contributed by atoms with E-state index in [0.29, 0.717) is 17.3 Å². The number of nitrogens with one attached hydrogen (secondary N) is 1. The molecule has 1 N–H and O–H groups in total. The largest absolute Gasteiger partial charge is 0.495 e. The van der Waals surface area contributed by atoms with Crippen LogP contribution in [0.2, 0.25) is 5.02 Å². The predicted molar refractivity (Wildman–Crippen MR) is 113 cm³/mol. The Morgan fingerprint density at radius 1 is 1.25 bits per heavy atom. The lowest BCUT2D eigenvalue weighted by Gasteiger charge is -2.27. The second kappa shape index (κ2) is 7.77. The standard InChI is InChI=1S/C20H20ClN3O3S/c1-5-23-19(26)15(18(25)22-20(23)28)9-13-8-11(2)24(12(13)3)16-10-14(21)6-7-17(16)27-4/h6-10H,5H2,1-4H3,(H,22,25,28)/b15-9+. The molecular formula is C20H20ClN3O3S. The molecule has 1 aromatic carbocycles. The third kappa shape index (κ3) is 3.43. The Bertz CT molecular complexity index is 1030. The number of amides is 2. The van der Waals surface area contributed by atoms with Gasteiger partial charge in [0.25, 0.3) is 11.8 Å². The van der Waals surface area contributed by atoms with Crippen LogP contribution in [0.15, 0.2) is 29.8 Å². The van der Waals surface area contributed by atoms with Gasteiger partial charge in [-0.1, -0.05) is 11.6 Å². The van der Waals surface area contributed by atoms with E-state index in [4.69, 9.17) is 28.6 Å². The lowest BCUT2D eigenvalue weighted by molar-refractivity contribution is -0.128. The minimum absolute atomic E-state index is 0.0498. The average molecular weight is 418 g/mol. The number of hydrogen-bond donors (Lipinski definition) is 1. The first-order valence-corrected chi connectivity index (χ1v) is 9.48. The van der Waals surface area contributed by atoms with Crippen molar-refractivity contribution < 1.29 is 14.3 Å². The van der Waals surface area contributed by atoms with Crippen LogP contribution in [0.3, 0.4) is 0 Å². The number of nitrogens with zero attached hydrogens (tertiary/aromatic N) is 2. The Kier molecular flexibility index (Phi) is 5.58. The highest BCUT2D eigenvalue weighted by Gasteiger charge is 2.32. The van der Waals surface area contributed by atoms with Crippen molar-refractivity contribution in [1.29, 1.82) is 0 Å². The van der Waals surface area contributed by atoms with Crippen LogP contribution < -0.4 is 10.1 Å². The molecule has 0 radical (unpaired) electrons. The van der Waals surface area contributed by atoms with Gasteiger partial charge in [0, 0.05) is 23.0 Å². The third-order valence-electron chi connectivity index (χ3n) is 4.65. The summed E-state index contributed by atoms with van der Waals surface area (Å²) in [5.41, 5.74) is 3.35. The quantitative estimate of drug-likeness (QED) is 0.470. The second-order valence-corrected chi connectivity index (χ2v) is 7.17. The van der Waals surface area contributed by atoms with Gasteiger partial charge < -0.3 is 9.30 Å². The molecule has 1 fully saturated rings. The van der Waals surface area contributed by atoms with Gasteiger partial charge >= 0.3 is 0 Å². The maximum absolute atomic E-state index is 12.7. The van der Waals surface area contributed by atoms with Crippen molar-refractivity contribution in [2.24, 2.45) is 0 Å². The zero-order chi connectivity index (χ0) is 20.6. The summed E-state index contributed by atoms with van der Waals surface area (Å²) in [6.45, 7) is 6.03. The molecule has 146 valence electrons. The molecule has 0 bridgehead atoms. The molecule has 2 amide bonds. The van der Waals surface area contributed by atoms with Crippen LogP contribution in [0.4, 0.5) is 0 Å². The summed E-state index contributed by atoms with van der Waals surface area (Å²) in [6, 6.07) is 7.28. The van der Waals surface area contributed by atoms with E-state index in [9.17, 15) is 9.59 Å². The summed E-state index contributed by atoms with van der Waals surface area (Å²) < 4.78 is 7.44. The van der Waals surface area contributed by atoms with Crippen LogP contribution >= 0.6 is 23.8 Å². The Labute approximate surface area is 173 Å². The van der Waals surface area contributed by atoms with Crippen LogP contribution in [-0.2, 0) is 9.59 Å². The molecule has 1 aliphatic heterocycles. The summed E-state index contributed by atoms with van der Waals surface area (Å²) >= 11 is 11.2. The molecule has 1 aromatic heterocycles. The zero-order valence-corrected chi connectivity index (χ0v) is 17.6. The lowest BCUT2D eigenvalue weighted by Crippen LogP contribution is -2.53. The van der Waals surface area contributed by atoms with Gasteiger partial charge in [-0.3, -0.25) is 19.8 Å². The highest BCUT2D eigenvalue weighted by atomic mass is 35.5. The highest BCUT2D eigenvalue weighted by molar-refractivity contribution is 7.80. The van der Waals surface area contributed by atoms with Gasteiger partial charge in [-0.25, -0.2) is 0 Å². The van der Waals surface area contributed by atoms with Crippen molar-refractivity contribution in [3.63, 3.8) is 0 Å². The number of aryl methyl sites for hydroxylation is 1. The zero-order valence-electron chi connectivity index (χ0n) is 16.0. The average Bonchev–Trinajstić information content (AvgIpc) is 2.92. The summed E-state index contributed by atoms with van der Waals surface area (Å²) in [6.07, 6.45) is 1.60. The summed E-state index contributed by atoms with van der Waals surface area (Å²) in [5, 5.41) is 3.27. The van der Waals surface area contributed by atoms with E-state index in [1.807, 2.05) is 30.5 Å². The number of thiocarbonyl (C=S) groups is 1. The van der Waals surface area contributed by atoms with Gasteiger partial charge in [-0.2, -0.15) is 0 Å². The number of halogens is 1. The molecule has 28 heavy (non-hydrogen) atoms. The minimum atomic E-state index is -0.496. The van der Waals surface area contributed by atoms with Crippen LogP contribution in [0.5, 0.6) is 5.75 Å². The fraction of sp³-hybridized carbons (Fsp3) is 0.250. The fourth-order valence-corrected chi connectivity index (χ4v) is 3.75. The Balaban J connectivity index is 2.12. The molecule has 3 rings (SSSR count). The molecule has 0 aliphatic carbocycles. The number of hydrogen-bond acceptors (Lipinski definition) is 4. The monoisotopic (exact) mass is 417 g/mol. The second-order valence-electron chi connectivity index (χ2n) is 6.34. The van der Waals surface area contributed by atoms with Gasteiger partial charge in [0.05, 0.1) is 12.8 Å². The first kappa shape index (κ1) is 20.1. The minimum Gasteiger partial charge on any atom is -0.495 e. The highest BCUT2D eigenvalue weighted by Crippen LogP contribution is 2.31. The Morgan fingerprint density at radius 3 is 2.61 bits per heavy atom. The van der Waals surface area contributed by atoms with Gasteiger partial charge in [-0.05, 0) is 68.9 Å². The normalized spacial score (nSPS) is 16.0. The van der Waals surface area contributed by atoms with E-state index in [2.05, 4.69) is 5.32 Å². The molecule has 2 aromatic rings. The van der Waals surface area contributed by atoms with Crippen LogP contribution in [-0.4, -0.2) is 40.0 Å². The molecular weight excluding hydrogens is 398 g/mol. The Hall–Kier alpha value is -2.64. The van der Waals surface area contributed by atoms with E-state index in [-0.39, 0.29) is 10.7 Å². The number of methoxy groups -OCH3 is 1. The van der Waals surface area contributed by atoms with Crippen molar-refractivity contribution in [1.82, 2.24) is 14.8 Å². The number of carbonyl (C=O) groups excluding carboxylic acids is 2. The first-order valence-electron chi connectivity index (χ1n) is 8.70. The van der Waals surface area contributed by atoms with Crippen LogP contribution in [0, 0.1) is 13.8 Å². The molecule has 0 unspecified atom stereocenters. The summed E-state index contributed by atoms with van der Waals surface area (Å²) in [5.74, 6) is -0.231. The van der Waals surface area contributed by atoms with Crippen LogP contribution in [0.1, 0.15) is 23.9 Å². The number of aromatic nitrogens is 1. The van der Waals surface area contributed by atoms with Gasteiger partial charge in [0.1, 0.15) is 11.3 Å². The topological polar surface area (TPSA) is 63.6 Å². The molecule has 8 heteroatoms. The fourth-order valence-electron chi connectivity index (χ4n) is 3.28. The maximum atomic E-state index is 12.7. The van der Waals surface area contributed by atoms with Crippen molar-refractivity contribution in [2.45, 2.75) is 20.8 Å². The van der Waals surface area contributed by atoms with Crippen LogP contribution in [0.25, 0.3) is 11.8 Å². The smallest absolute Gasteiger partial charge is 0.265 e. The number of ether oxygens (including phenoxy) is 1. The third-order valence-corrected chi connectivity index (χ3v) is 5.21. The van der Waals surface area contributed by atoms with Crippen molar-refractivity contribution >= 4 is 46.8 Å². The van der Waals surface area contributed by atoms with Crippen molar-refractivity contribution in [3.05, 3.63) is 51.8 Å². The summed E-state index contributed by atoms with van der Waals surface area (Å²) in [4.78, 5) is 26.4.